The first-order valence-corrected chi connectivity index (χ1v) is 14.3. The van der Waals surface area contributed by atoms with Gasteiger partial charge < -0.3 is 4.74 Å². The smallest absolute Gasteiger partial charge is 0.302 e. The van der Waals surface area contributed by atoms with E-state index >= 15 is 0 Å². The Hall–Kier alpha value is -1.05. The van der Waals surface area contributed by atoms with Crippen molar-refractivity contribution < 1.29 is 9.53 Å². The van der Waals surface area contributed by atoms with Crippen LogP contribution < -0.4 is 0 Å². The van der Waals surface area contributed by atoms with E-state index in [0.717, 1.165) is 18.3 Å². The molecular weight excluding hydrogens is 416 g/mol. The Morgan fingerprint density at radius 2 is 1.68 bits per heavy atom. The summed E-state index contributed by atoms with van der Waals surface area (Å²) in [6, 6.07) is 0. The Bertz CT molecular complexity index is 873. The maximum absolute atomic E-state index is 11.8. The third-order valence-corrected chi connectivity index (χ3v) is 11.9. The van der Waals surface area contributed by atoms with Gasteiger partial charge in [-0.1, -0.05) is 64.3 Å². The number of carbonyl (C=O) groups excluding carboxylic acids is 1. The minimum Gasteiger partial charge on any atom is -0.462 e. The number of hydrogen-bond donors (Lipinski definition) is 0. The van der Waals surface area contributed by atoms with Gasteiger partial charge in [-0.2, -0.15) is 0 Å². The summed E-state index contributed by atoms with van der Waals surface area (Å²) in [5.41, 5.74) is 6.25. The minimum absolute atomic E-state index is 0.0382. The highest BCUT2D eigenvalue weighted by atomic mass is 16.5. The molecule has 2 saturated carbocycles. The van der Waals surface area contributed by atoms with Crippen molar-refractivity contribution in [1.29, 1.82) is 0 Å². The molecular formula is C32H52O2. The molecule has 0 bridgehead atoms. The molecule has 34 heavy (non-hydrogen) atoms. The molecule has 0 aromatic rings. The zero-order chi connectivity index (χ0) is 25.1. The molecule has 192 valence electrons. The van der Waals surface area contributed by atoms with Gasteiger partial charge in [0.15, 0.2) is 0 Å². The standard InChI is InChI=1S/C32H52O2/c1-21(2)11-10-12-22(3)24-15-19-32(9)26-13-14-27-29(5,6)28(34-23(4)33)17-18-30(27,7)25(26)16-20-31(24,32)8/h11,22,24,27-28H,10,12-20H2,1-9H3/t22-,24+,27+,28+,30-,31+,32-/m1/s1. The van der Waals surface area contributed by atoms with Crippen LogP contribution in [-0.2, 0) is 9.53 Å². The van der Waals surface area contributed by atoms with Gasteiger partial charge in [-0.3, -0.25) is 4.79 Å². The van der Waals surface area contributed by atoms with Crippen molar-refractivity contribution in [3.8, 4) is 0 Å². The Kier molecular flexibility index (Phi) is 6.74. The van der Waals surface area contributed by atoms with E-state index in [2.05, 4.69) is 61.5 Å². The molecule has 0 unspecified atom stereocenters. The van der Waals surface area contributed by atoms with E-state index in [1.165, 1.54) is 63.4 Å². The van der Waals surface area contributed by atoms with Crippen LogP contribution in [0.2, 0.25) is 0 Å². The second-order valence-electron chi connectivity index (χ2n) is 14.2. The summed E-state index contributed by atoms with van der Waals surface area (Å²) in [5, 5.41) is 0. The van der Waals surface area contributed by atoms with Crippen LogP contribution in [0.25, 0.3) is 0 Å². The van der Waals surface area contributed by atoms with Crippen molar-refractivity contribution in [1.82, 2.24) is 0 Å². The SMILES string of the molecule is CC(=O)O[C@H]1CC[C@]2(C)C3=C(CC[C@H]2C1(C)C)[C@@]1(C)CC[C@@H]([C@H](C)CCC=C(C)C)[C@]1(C)CC3. The van der Waals surface area contributed by atoms with Crippen LogP contribution in [0.1, 0.15) is 127 Å². The lowest BCUT2D eigenvalue weighted by Gasteiger charge is -2.62. The molecule has 0 aromatic carbocycles. The van der Waals surface area contributed by atoms with E-state index in [1.807, 2.05) is 11.1 Å². The normalized spacial score (nSPS) is 41.7. The number of ether oxygens (including phenoxy) is 1. The summed E-state index contributed by atoms with van der Waals surface area (Å²) in [5.74, 6) is 2.13. The lowest BCUT2D eigenvalue weighted by Crippen LogP contribution is -2.55. The predicted molar refractivity (Wildman–Crippen MR) is 142 cm³/mol. The summed E-state index contributed by atoms with van der Waals surface area (Å²) < 4.78 is 5.87. The highest BCUT2D eigenvalue weighted by molar-refractivity contribution is 5.66. The molecule has 0 spiro atoms. The fraction of sp³-hybridized carbons (Fsp3) is 0.844. The van der Waals surface area contributed by atoms with E-state index in [1.54, 1.807) is 6.92 Å². The van der Waals surface area contributed by atoms with Crippen LogP contribution in [-0.4, -0.2) is 12.1 Å². The number of hydrogen-bond acceptors (Lipinski definition) is 2. The minimum atomic E-state index is -0.117. The molecule has 0 N–H and O–H groups in total. The van der Waals surface area contributed by atoms with Crippen LogP contribution >= 0.6 is 0 Å². The Morgan fingerprint density at radius 3 is 2.32 bits per heavy atom. The molecule has 4 aliphatic rings. The molecule has 2 heteroatoms. The average molecular weight is 469 g/mol. The first-order valence-electron chi connectivity index (χ1n) is 14.3. The van der Waals surface area contributed by atoms with Crippen molar-refractivity contribution in [3.05, 3.63) is 22.8 Å². The first kappa shape index (κ1) is 26.0. The van der Waals surface area contributed by atoms with Gasteiger partial charge in [-0.15, -0.1) is 0 Å². The molecule has 4 aliphatic carbocycles. The molecule has 0 saturated heterocycles. The van der Waals surface area contributed by atoms with Crippen LogP contribution in [0, 0.1) is 39.4 Å². The van der Waals surface area contributed by atoms with Crippen LogP contribution in [0.5, 0.6) is 0 Å². The summed E-state index contributed by atoms with van der Waals surface area (Å²) in [6.07, 6.45) is 15.2. The van der Waals surface area contributed by atoms with Gasteiger partial charge in [0.2, 0.25) is 0 Å². The second kappa shape index (κ2) is 8.81. The van der Waals surface area contributed by atoms with Gasteiger partial charge in [-0.25, -0.2) is 0 Å². The van der Waals surface area contributed by atoms with Gasteiger partial charge in [0.1, 0.15) is 6.10 Å². The van der Waals surface area contributed by atoms with Crippen molar-refractivity contribution >= 4 is 5.97 Å². The summed E-state index contributed by atoms with van der Waals surface area (Å²) >= 11 is 0. The number of carbonyl (C=O) groups is 1. The molecule has 0 aromatic heterocycles. The molecule has 4 rings (SSSR count). The highest BCUT2D eigenvalue weighted by Gasteiger charge is 2.63. The van der Waals surface area contributed by atoms with E-state index in [4.69, 9.17) is 4.74 Å². The predicted octanol–water partition coefficient (Wildman–Crippen LogP) is 9.05. The molecule has 0 radical (unpaired) electrons. The van der Waals surface area contributed by atoms with Gasteiger partial charge in [0.25, 0.3) is 0 Å². The van der Waals surface area contributed by atoms with E-state index in [0.29, 0.717) is 16.7 Å². The monoisotopic (exact) mass is 468 g/mol. The Balaban J connectivity index is 1.63. The number of esters is 1. The third-order valence-electron chi connectivity index (χ3n) is 11.9. The van der Waals surface area contributed by atoms with Crippen LogP contribution in [0.4, 0.5) is 0 Å². The lowest BCUT2D eigenvalue weighted by molar-refractivity contribution is -0.167. The topological polar surface area (TPSA) is 26.3 Å². The van der Waals surface area contributed by atoms with Gasteiger partial charge in [0.05, 0.1) is 0 Å². The van der Waals surface area contributed by atoms with E-state index < -0.39 is 0 Å². The van der Waals surface area contributed by atoms with Gasteiger partial charge >= 0.3 is 5.97 Å². The zero-order valence-corrected chi connectivity index (χ0v) is 23.8. The largest absolute Gasteiger partial charge is 0.462 e. The van der Waals surface area contributed by atoms with E-state index in [-0.39, 0.29) is 22.9 Å². The highest BCUT2D eigenvalue weighted by Crippen LogP contribution is 2.72. The number of fused-ring (bicyclic) bond motifs is 4. The molecule has 2 nitrogen and oxygen atoms in total. The Morgan fingerprint density at radius 1 is 0.971 bits per heavy atom. The van der Waals surface area contributed by atoms with Crippen molar-refractivity contribution in [2.45, 2.75) is 133 Å². The number of allylic oxidation sites excluding steroid dienone is 4. The van der Waals surface area contributed by atoms with Crippen LogP contribution in [0.15, 0.2) is 22.8 Å². The summed E-state index contributed by atoms with van der Waals surface area (Å²) in [4.78, 5) is 11.8. The van der Waals surface area contributed by atoms with Gasteiger partial charge in [0, 0.05) is 12.3 Å². The fourth-order valence-electron chi connectivity index (χ4n) is 9.86. The third kappa shape index (κ3) is 3.85. The van der Waals surface area contributed by atoms with Crippen LogP contribution in [0.3, 0.4) is 0 Å². The molecule has 0 aliphatic heterocycles. The zero-order valence-electron chi connectivity index (χ0n) is 23.8. The van der Waals surface area contributed by atoms with Gasteiger partial charge in [-0.05, 0) is 112 Å². The number of rotatable bonds is 5. The maximum atomic E-state index is 11.8. The molecule has 7 atom stereocenters. The lowest BCUT2D eigenvalue weighted by atomic mass is 9.43. The van der Waals surface area contributed by atoms with E-state index in [9.17, 15) is 4.79 Å². The molecule has 2 fully saturated rings. The average Bonchev–Trinajstić information content (AvgIpc) is 3.01. The Labute approximate surface area is 210 Å². The molecule has 0 amide bonds. The summed E-state index contributed by atoms with van der Waals surface area (Å²) in [7, 11) is 0. The first-order chi connectivity index (χ1) is 15.8. The quantitative estimate of drug-likeness (QED) is 0.297. The second-order valence-corrected chi connectivity index (χ2v) is 14.2. The van der Waals surface area contributed by atoms with Crippen molar-refractivity contribution in [3.63, 3.8) is 0 Å². The van der Waals surface area contributed by atoms with Crippen molar-refractivity contribution in [2.24, 2.45) is 39.4 Å². The molecule has 0 heterocycles. The maximum Gasteiger partial charge on any atom is 0.302 e. The fourth-order valence-corrected chi connectivity index (χ4v) is 9.86. The summed E-state index contributed by atoms with van der Waals surface area (Å²) in [6.45, 7) is 21.2. The van der Waals surface area contributed by atoms with Crippen molar-refractivity contribution in [2.75, 3.05) is 0 Å².